The second kappa shape index (κ2) is 4.92. The van der Waals surface area contributed by atoms with Crippen molar-refractivity contribution in [3.63, 3.8) is 0 Å². The van der Waals surface area contributed by atoms with Crippen LogP contribution >= 0.6 is 0 Å². The molecule has 2 rings (SSSR count). The molecule has 1 aromatic rings. The van der Waals surface area contributed by atoms with Crippen LogP contribution in [0.4, 0.5) is 0 Å². The fourth-order valence-electron chi connectivity index (χ4n) is 3.91. The van der Waals surface area contributed by atoms with Gasteiger partial charge in [-0.25, -0.2) is 0 Å². The van der Waals surface area contributed by atoms with Gasteiger partial charge >= 0.3 is 0 Å². The number of hydrogen-bond donors (Lipinski definition) is 2. The summed E-state index contributed by atoms with van der Waals surface area (Å²) in [5.74, 6) is 0.295. The lowest BCUT2D eigenvalue weighted by atomic mass is 9.71. The van der Waals surface area contributed by atoms with Gasteiger partial charge in [0.15, 0.2) is 0 Å². The average Bonchev–Trinajstić information content (AvgIpc) is 2.25. The summed E-state index contributed by atoms with van der Waals surface area (Å²) < 4.78 is 0. The highest BCUT2D eigenvalue weighted by Crippen LogP contribution is 2.39. The van der Waals surface area contributed by atoms with Gasteiger partial charge in [-0.1, -0.05) is 24.6 Å². The van der Waals surface area contributed by atoms with Crippen molar-refractivity contribution in [2.24, 2.45) is 5.92 Å². The largest absolute Gasteiger partial charge is 0.384 e. The molecule has 0 saturated carbocycles. The Labute approximate surface area is 117 Å². The first kappa shape index (κ1) is 14.5. The molecule has 106 valence electrons. The third-order valence-electron chi connectivity index (χ3n) is 5.01. The fourth-order valence-corrected chi connectivity index (χ4v) is 3.91. The summed E-state index contributed by atoms with van der Waals surface area (Å²) in [4.78, 5) is 1.53. The monoisotopic (exact) mass is 262 g/mol. The van der Waals surface area contributed by atoms with Gasteiger partial charge < -0.3 is 10.0 Å². The Morgan fingerprint density at radius 2 is 1.68 bits per heavy atom. The van der Waals surface area contributed by atoms with Crippen molar-refractivity contribution in [1.82, 2.24) is 0 Å². The zero-order chi connectivity index (χ0) is 14.4. The molecule has 0 amide bonds. The van der Waals surface area contributed by atoms with Crippen LogP contribution in [-0.2, 0) is 5.60 Å². The van der Waals surface area contributed by atoms with Crippen LogP contribution in [0.15, 0.2) is 12.1 Å². The number of hydrogen-bond acceptors (Lipinski definition) is 1. The smallest absolute Gasteiger partial charge is 0.104 e. The Bertz CT molecular complexity index is 459. The maximum atomic E-state index is 11.3. The van der Waals surface area contributed by atoms with E-state index in [0.29, 0.717) is 12.0 Å². The van der Waals surface area contributed by atoms with Gasteiger partial charge in [-0.3, -0.25) is 0 Å². The number of rotatable bonds is 1. The predicted molar refractivity (Wildman–Crippen MR) is 79.5 cm³/mol. The molecule has 0 radical (unpaired) electrons. The van der Waals surface area contributed by atoms with E-state index < -0.39 is 5.60 Å². The van der Waals surface area contributed by atoms with Crippen LogP contribution < -0.4 is 4.90 Å². The van der Waals surface area contributed by atoms with Crippen LogP contribution in [0.5, 0.6) is 0 Å². The summed E-state index contributed by atoms with van der Waals surface area (Å²) in [6.45, 7) is 11.9. The van der Waals surface area contributed by atoms with Crippen LogP contribution in [0.3, 0.4) is 0 Å². The zero-order valence-electron chi connectivity index (χ0n) is 13.2. The van der Waals surface area contributed by atoms with Crippen LogP contribution in [-0.4, -0.2) is 24.7 Å². The Kier molecular flexibility index (Phi) is 3.76. The fraction of sp³-hybridized carbons (Fsp3) is 0.647. The van der Waals surface area contributed by atoms with E-state index in [1.165, 1.54) is 27.2 Å². The highest BCUT2D eigenvalue weighted by Gasteiger charge is 2.46. The van der Waals surface area contributed by atoms with E-state index in [1.807, 2.05) is 0 Å². The first-order valence-corrected chi connectivity index (χ1v) is 7.38. The van der Waals surface area contributed by atoms with E-state index in [0.717, 1.165) is 13.0 Å². The molecule has 1 saturated heterocycles. The predicted octanol–water partition coefficient (Wildman–Crippen LogP) is 1.74. The molecule has 2 N–H and O–H groups in total. The molecule has 1 heterocycles. The maximum absolute atomic E-state index is 11.3. The minimum absolute atomic E-state index is 0.295. The molecular formula is C17H28NO+. The SMILES string of the molecule is Cc1cc(C)c([C@@]2(O)C[C@@H](C)[NH+](C)C[C@@H]2C)c(C)c1. The standard InChI is InChI=1S/C17H27NO/c1-11-7-12(2)16(13(3)8-11)17(19)9-15(5)18(6)10-14(17)4/h7-8,14-15,19H,9-10H2,1-6H3/p+1/t14-,15+,17+/m0/s1. The third-order valence-corrected chi connectivity index (χ3v) is 5.01. The molecule has 0 aromatic heterocycles. The van der Waals surface area contributed by atoms with E-state index >= 15 is 0 Å². The maximum Gasteiger partial charge on any atom is 0.104 e. The van der Waals surface area contributed by atoms with Gasteiger partial charge in [-0.05, 0) is 44.4 Å². The summed E-state index contributed by atoms with van der Waals surface area (Å²) in [6, 6.07) is 4.90. The second-order valence-electron chi connectivity index (χ2n) is 6.75. The average molecular weight is 262 g/mol. The van der Waals surface area contributed by atoms with Crippen molar-refractivity contribution >= 4 is 0 Å². The molecule has 0 bridgehead atoms. The lowest BCUT2D eigenvalue weighted by Crippen LogP contribution is -3.15. The van der Waals surface area contributed by atoms with Crippen molar-refractivity contribution in [1.29, 1.82) is 0 Å². The highest BCUT2D eigenvalue weighted by molar-refractivity contribution is 5.42. The lowest BCUT2D eigenvalue weighted by molar-refractivity contribution is -0.916. The van der Waals surface area contributed by atoms with Crippen LogP contribution in [0, 0.1) is 26.7 Å². The molecule has 2 heteroatoms. The third kappa shape index (κ3) is 2.44. The number of quaternary nitrogens is 1. The number of nitrogens with one attached hydrogen (secondary N) is 1. The molecule has 1 aliphatic heterocycles. The Morgan fingerprint density at radius 3 is 2.21 bits per heavy atom. The van der Waals surface area contributed by atoms with Gasteiger partial charge in [0.25, 0.3) is 0 Å². The number of likely N-dealkylation sites (tertiary alicyclic amines) is 1. The molecule has 2 nitrogen and oxygen atoms in total. The Morgan fingerprint density at radius 1 is 1.16 bits per heavy atom. The summed E-state index contributed by atoms with van der Waals surface area (Å²) in [5, 5.41) is 11.3. The Balaban J connectivity index is 2.50. The van der Waals surface area contributed by atoms with Gasteiger partial charge in [0.2, 0.25) is 0 Å². The van der Waals surface area contributed by atoms with E-state index in [2.05, 4.69) is 53.8 Å². The number of piperidine rings is 1. The Hall–Kier alpha value is -0.860. The summed E-state index contributed by atoms with van der Waals surface area (Å²) >= 11 is 0. The van der Waals surface area contributed by atoms with Crippen LogP contribution in [0.1, 0.15) is 42.5 Å². The number of benzene rings is 1. The van der Waals surface area contributed by atoms with Crippen LogP contribution in [0.2, 0.25) is 0 Å². The molecule has 1 fully saturated rings. The molecule has 1 aliphatic rings. The summed E-state index contributed by atoms with van der Waals surface area (Å²) in [6.07, 6.45) is 0.852. The van der Waals surface area contributed by atoms with Gasteiger partial charge in [0.05, 0.1) is 19.6 Å². The van der Waals surface area contributed by atoms with Gasteiger partial charge in [0, 0.05) is 12.3 Å². The van der Waals surface area contributed by atoms with Crippen molar-refractivity contribution in [3.05, 3.63) is 34.4 Å². The number of aryl methyl sites for hydroxylation is 3. The van der Waals surface area contributed by atoms with Gasteiger partial charge in [-0.2, -0.15) is 0 Å². The second-order valence-corrected chi connectivity index (χ2v) is 6.75. The molecule has 1 aromatic carbocycles. The van der Waals surface area contributed by atoms with Crippen molar-refractivity contribution in [2.75, 3.05) is 13.6 Å². The molecular weight excluding hydrogens is 234 g/mol. The number of aliphatic hydroxyl groups is 1. The minimum Gasteiger partial charge on any atom is -0.384 e. The van der Waals surface area contributed by atoms with Crippen molar-refractivity contribution in [2.45, 2.75) is 52.7 Å². The van der Waals surface area contributed by atoms with E-state index in [9.17, 15) is 5.11 Å². The first-order valence-electron chi connectivity index (χ1n) is 7.38. The van der Waals surface area contributed by atoms with Gasteiger partial charge in [0.1, 0.15) is 5.60 Å². The normalized spacial score (nSPS) is 35.4. The molecule has 0 aliphatic carbocycles. The van der Waals surface area contributed by atoms with E-state index in [4.69, 9.17) is 0 Å². The lowest BCUT2D eigenvalue weighted by Gasteiger charge is -2.44. The van der Waals surface area contributed by atoms with E-state index in [1.54, 1.807) is 0 Å². The quantitative estimate of drug-likeness (QED) is 0.792. The summed E-state index contributed by atoms with van der Waals surface area (Å²) in [7, 11) is 2.23. The molecule has 19 heavy (non-hydrogen) atoms. The van der Waals surface area contributed by atoms with Crippen molar-refractivity contribution < 1.29 is 10.0 Å². The first-order chi connectivity index (χ1) is 8.75. The molecule has 0 spiro atoms. The van der Waals surface area contributed by atoms with E-state index in [-0.39, 0.29) is 0 Å². The summed E-state index contributed by atoms with van der Waals surface area (Å²) in [5.41, 5.74) is 4.25. The zero-order valence-corrected chi connectivity index (χ0v) is 13.2. The molecule has 4 atom stereocenters. The minimum atomic E-state index is -0.666. The highest BCUT2D eigenvalue weighted by atomic mass is 16.3. The van der Waals surface area contributed by atoms with Crippen molar-refractivity contribution in [3.8, 4) is 0 Å². The topological polar surface area (TPSA) is 24.7 Å². The van der Waals surface area contributed by atoms with Gasteiger partial charge in [-0.15, -0.1) is 0 Å². The molecule has 1 unspecified atom stereocenters. The van der Waals surface area contributed by atoms with Crippen LogP contribution in [0.25, 0.3) is 0 Å².